The van der Waals surface area contributed by atoms with Crippen LogP contribution in [0.2, 0.25) is 0 Å². The molecule has 0 aromatic carbocycles. The summed E-state index contributed by atoms with van der Waals surface area (Å²) in [6.07, 6.45) is 3.71. The van der Waals surface area contributed by atoms with E-state index in [4.69, 9.17) is 5.26 Å². The van der Waals surface area contributed by atoms with Crippen molar-refractivity contribution in [3.8, 4) is 6.07 Å². The first kappa shape index (κ1) is 15.4. The summed E-state index contributed by atoms with van der Waals surface area (Å²) in [7, 11) is -2.83. The van der Waals surface area contributed by atoms with Gasteiger partial charge in [0.2, 0.25) is 0 Å². The average Bonchev–Trinajstić information content (AvgIpc) is 2.14. The summed E-state index contributed by atoms with van der Waals surface area (Å²) >= 11 is 0. The van der Waals surface area contributed by atoms with Gasteiger partial charge in [-0.25, -0.2) is 8.42 Å². The fourth-order valence-corrected chi connectivity index (χ4v) is 1.96. The minimum absolute atomic E-state index is 0.240. The Morgan fingerprint density at radius 1 is 1.25 bits per heavy atom. The molecule has 0 heterocycles. The van der Waals surface area contributed by atoms with Gasteiger partial charge in [-0.15, -0.1) is 0 Å². The lowest BCUT2D eigenvalue weighted by Crippen LogP contribution is -2.21. The molecule has 0 saturated carbocycles. The van der Waals surface area contributed by atoms with E-state index in [1.165, 1.54) is 6.26 Å². The number of nitriles is 1. The molecule has 0 bridgehead atoms. The van der Waals surface area contributed by atoms with Crippen molar-refractivity contribution in [2.24, 2.45) is 5.41 Å². The van der Waals surface area contributed by atoms with Crippen molar-refractivity contribution in [1.29, 1.82) is 5.26 Å². The molecule has 0 aliphatic rings. The van der Waals surface area contributed by atoms with E-state index in [-0.39, 0.29) is 11.2 Å². The molecule has 0 aliphatic heterocycles. The molecular formula is C11H22N2O2S. The van der Waals surface area contributed by atoms with E-state index >= 15 is 0 Å². The number of nitrogens with zero attached hydrogens (tertiary/aromatic N) is 1. The third-order valence-corrected chi connectivity index (χ3v) is 3.36. The Hall–Kier alpha value is -0.600. The predicted octanol–water partition coefficient (Wildman–Crippen LogP) is 1.34. The Kier molecular flexibility index (Phi) is 6.61. The molecule has 0 rings (SSSR count). The summed E-state index contributed by atoms with van der Waals surface area (Å²) in [5, 5.41) is 12.0. The maximum atomic E-state index is 10.8. The van der Waals surface area contributed by atoms with Crippen molar-refractivity contribution < 1.29 is 8.42 Å². The highest BCUT2D eigenvalue weighted by molar-refractivity contribution is 7.90. The fraction of sp³-hybridized carbons (Fsp3) is 0.909. The summed E-state index contributed by atoms with van der Waals surface area (Å²) < 4.78 is 21.7. The highest BCUT2D eigenvalue weighted by atomic mass is 32.2. The van der Waals surface area contributed by atoms with E-state index < -0.39 is 9.84 Å². The maximum absolute atomic E-state index is 10.8. The number of hydrogen-bond acceptors (Lipinski definition) is 4. The van der Waals surface area contributed by atoms with Gasteiger partial charge in [0, 0.05) is 6.26 Å². The van der Waals surface area contributed by atoms with Crippen LogP contribution in [0.1, 0.15) is 33.1 Å². The monoisotopic (exact) mass is 246 g/mol. The van der Waals surface area contributed by atoms with E-state index in [1.807, 2.05) is 13.8 Å². The van der Waals surface area contributed by atoms with Crippen LogP contribution >= 0.6 is 0 Å². The highest BCUT2D eigenvalue weighted by Crippen LogP contribution is 2.19. The first-order valence-corrected chi connectivity index (χ1v) is 7.63. The van der Waals surface area contributed by atoms with Crippen LogP contribution < -0.4 is 5.32 Å². The lowest BCUT2D eigenvalue weighted by Gasteiger charge is -2.14. The van der Waals surface area contributed by atoms with Crippen molar-refractivity contribution in [3.63, 3.8) is 0 Å². The van der Waals surface area contributed by atoms with Crippen LogP contribution in [0.5, 0.6) is 0 Å². The number of nitrogens with one attached hydrogen (secondary N) is 1. The zero-order chi connectivity index (χ0) is 12.7. The molecule has 0 atom stereocenters. The van der Waals surface area contributed by atoms with E-state index in [1.54, 1.807) is 0 Å². The molecule has 0 fully saturated rings. The van der Waals surface area contributed by atoms with Gasteiger partial charge < -0.3 is 5.32 Å². The predicted molar refractivity (Wildman–Crippen MR) is 65.8 cm³/mol. The third-order valence-electron chi connectivity index (χ3n) is 2.33. The molecule has 5 heteroatoms. The van der Waals surface area contributed by atoms with Gasteiger partial charge in [0.15, 0.2) is 0 Å². The molecule has 1 N–H and O–H groups in total. The molecule has 0 radical (unpaired) electrons. The first-order chi connectivity index (χ1) is 7.27. The lowest BCUT2D eigenvalue weighted by atomic mass is 9.90. The van der Waals surface area contributed by atoms with Crippen molar-refractivity contribution >= 4 is 9.84 Å². The van der Waals surface area contributed by atoms with Crippen LogP contribution in [0.4, 0.5) is 0 Å². The molecule has 94 valence electrons. The topological polar surface area (TPSA) is 70.0 Å². The second kappa shape index (κ2) is 6.87. The molecule has 0 saturated heterocycles. The SMILES string of the molecule is CC(C)(C#N)CCCNCCCS(C)(=O)=O. The largest absolute Gasteiger partial charge is 0.317 e. The van der Waals surface area contributed by atoms with E-state index in [9.17, 15) is 8.42 Å². The molecule has 16 heavy (non-hydrogen) atoms. The molecule has 4 nitrogen and oxygen atoms in total. The lowest BCUT2D eigenvalue weighted by molar-refractivity contribution is 0.426. The fourth-order valence-electron chi connectivity index (χ4n) is 1.30. The van der Waals surface area contributed by atoms with Gasteiger partial charge in [-0.2, -0.15) is 5.26 Å². The summed E-state index contributed by atoms with van der Waals surface area (Å²) in [6.45, 7) is 5.42. The Bertz CT molecular complexity index is 328. The number of sulfone groups is 1. The quantitative estimate of drug-likeness (QED) is 0.656. The van der Waals surface area contributed by atoms with Crippen LogP contribution in [0.3, 0.4) is 0 Å². The Labute approximate surface area is 99.0 Å². The number of rotatable bonds is 8. The van der Waals surface area contributed by atoms with Gasteiger partial charge in [-0.1, -0.05) is 0 Å². The van der Waals surface area contributed by atoms with E-state index in [2.05, 4.69) is 11.4 Å². The van der Waals surface area contributed by atoms with Crippen molar-refractivity contribution in [3.05, 3.63) is 0 Å². The van der Waals surface area contributed by atoms with E-state index in [0.717, 1.165) is 25.9 Å². The maximum Gasteiger partial charge on any atom is 0.147 e. The van der Waals surface area contributed by atoms with Crippen LogP contribution in [0, 0.1) is 16.7 Å². The molecule has 0 aromatic rings. The second-order valence-corrected chi connectivity index (χ2v) is 7.09. The Morgan fingerprint density at radius 2 is 1.81 bits per heavy atom. The molecule has 0 unspecified atom stereocenters. The smallest absolute Gasteiger partial charge is 0.147 e. The average molecular weight is 246 g/mol. The molecule has 0 spiro atoms. The minimum atomic E-state index is -2.83. The zero-order valence-electron chi connectivity index (χ0n) is 10.4. The zero-order valence-corrected chi connectivity index (χ0v) is 11.2. The van der Waals surface area contributed by atoms with Gasteiger partial charge in [-0.05, 0) is 46.2 Å². The third kappa shape index (κ3) is 9.94. The summed E-state index contributed by atoms with van der Waals surface area (Å²) in [6, 6.07) is 2.26. The second-order valence-electron chi connectivity index (χ2n) is 4.83. The highest BCUT2D eigenvalue weighted by Gasteiger charge is 2.15. The van der Waals surface area contributed by atoms with Gasteiger partial charge in [0.25, 0.3) is 0 Å². The van der Waals surface area contributed by atoms with Gasteiger partial charge >= 0.3 is 0 Å². The van der Waals surface area contributed by atoms with E-state index in [0.29, 0.717) is 6.42 Å². The summed E-state index contributed by atoms with van der Waals surface area (Å²) in [5.41, 5.74) is -0.256. The van der Waals surface area contributed by atoms with Gasteiger partial charge in [0.1, 0.15) is 9.84 Å². The van der Waals surface area contributed by atoms with Gasteiger partial charge in [-0.3, -0.25) is 0 Å². The summed E-state index contributed by atoms with van der Waals surface area (Å²) in [4.78, 5) is 0. The van der Waals surface area contributed by atoms with Crippen molar-refractivity contribution in [1.82, 2.24) is 5.32 Å². The Balaban J connectivity index is 3.40. The molecule has 0 aromatic heterocycles. The molecule has 0 aliphatic carbocycles. The summed E-state index contributed by atoms with van der Waals surface area (Å²) in [5.74, 6) is 0.240. The van der Waals surface area contributed by atoms with Crippen LogP contribution in [0.15, 0.2) is 0 Å². The first-order valence-electron chi connectivity index (χ1n) is 5.56. The standard InChI is InChI=1S/C11H22N2O2S/c1-11(2,10-12)6-4-7-13-8-5-9-16(3,14)15/h13H,4-9H2,1-3H3. The van der Waals surface area contributed by atoms with Gasteiger partial charge in [0.05, 0.1) is 17.2 Å². The van der Waals surface area contributed by atoms with Crippen molar-refractivity contribution in [2.45, 2.75) is 33.1 Å². The molecular weight excluding hydrogens is 224 g/mol. The normalized spacial score (nSPS) is 12.4. The molecule has 0 amide bonds. The van der Waals surface area contributed by atoms with Crippen molar-refractivity contribution in [2.75, 3.05) is 25.1 Å². The van der Waals surface area contributed by atoms with Crippen LogP contribution in [-0.2, 0) is 9.84 Å². The minimum Gasteiger partial charge on any atom is -0.317 e. The van der Waals surface area contributed by atoms with Crippen LogP contribution in [0.25, 0.3) is 0 Å². The Morgan fingerprint density at radius 3 is 2.31 bits per heavy atom. The van der Waals surface area contributed by atoms with Crippen LogP contribution in [-0.4, -0.2) is 33.5 Å². The number of hydrogen-bond donors (Lipinski definition) is 1.